The van der Waals surface area contributed by atoms with E-state index in [0.717, 1.165) is 7.11 Å². The summed E-state index contributed by atoms with van der Waals surface area (Å²) >= 11 is 0.216. The molecule has 0 aliphatic rings. The number of hydrogen-bond donors (Lipinski definition) is 2. The summed E-state index contributed by atoms with van der Waals surface area (Å²) in [6.45, 7) is -3.70. The van der Waals surface area contributed by atoms with Crippen molar-refractivity contribution in [2.45, 2.75) is 0 Å². The highest BCUT2D eigenvalue weighted by atomic mass is 32.5. The smallest absolute Gasteiger partial charge is 0.372 e. The molecular formula is CH6NO4PS. The lowest BCUT2D eigenvalue weighted by Gasteiger charge is -2.06. The first-order chi connectivity index (χ1) is 3.62. The SMILES string of the molecule is COOP([O-])(O)=[S+]N. The van der Waals surface area contributed by atoms with Crippen LogP contribution in [-0.2, 0) is 20.7 Å². The van der Waals surface area contributed by atoms with Gasteiger partial charge in [-0.2, -0.15) is 0 Å². The Labute approximate surface area is 50.3 Å². The van der Waals surface area contributed by atoms with Crippen molar-refractivity contribution in [2.24, 2.45) is 5.14 Å². The van der Waals surface area contributed by atoms with Gasteiger partial charge < -0.3 is 9.79 Å². The van der Waals surface area contributed by atoms with Crippen LogP contribution in [0.5, 0.6) is 0 Å². The largest absolute Gasteiger partial charge is 0.738 e. The second kappa shape index (κ2) is 3.47. The molecule has 1 unspecified atom stereocenters. The minimum absolute atomic E-state index is 0.216. The van der Waals surface area contributed by atoms with Gasteiger partial charge in [0.25, 0.3) is 0 Å². The summed E-state index contributed by atoms with van der Waals surface area (Å²) in [7, 11) is 1.12. The van der Waals surface area contributed by atoms with Crippen molar-refractivity contribution in [1.82, 2.24) is 0 Å². The molecule has 0 aliphatic carbocycles. The van der Waals surface area contributed by atoms with Crippen molar-refractivity contribution in [3.63, 3.8) is 0 Å². The highest BCUT2D eigenvalue weighted by Crippen LogP contribution is 2.31. The van der Waals surface area contributed by atoms with E-state index in [2.05, 4.69) is 9.56 Å². The molecule has 0 aliphatic heterocycles. The molecule has 0 heterocycles. The van der Waals surface area contributed by atoms with Gasteiger partial charge in [-0.1, -0.05) is 5.14 Å². The molecule has 1 atom stereocenters. The third-order valence-corrected chi connectivity index (χ3v) is 1.89. The van der Waals surface area contributed by atoms with Crippen molar-refractivity contribution in [2.75, 3.05) is 7.11 Å². The van der Waals surface area contributed by atoms with E-state index in [1.54, 1.807) is 0 Å². The fraction of sp³-hybridized carbons (Fsp3) is 1.00. The summed E-state index contributed by atoms with van der Waals surface area (Å²) in [6, 6.07) is 0. The molecule has 0 aromatic carbocycles. The summed E-state index contributed by atoms with van der Waals surface area (Å²) in [5.41, 5.74) is 0. The second-order valence-corrected chi connectivity index (χ2v) is 4.13. The van der Waals surface area contributed by atoms with Crippen LogP contribution in [0.4, 0.5) is 0 Å². The van der Waals surface area contributed by atoms with E-state index < -0.39 is 6.72 Å². The fourth-order valence-corrected chi connectivity index (χ4v) is 0.623. The molecule has 0 aromatic rings. The van der Waals surface area contributed by atoms with Gasteiger partial charge in [0.1, 0.15) is 0 Å². The maximum absolute atomic E-state index is 10.2. The predicted octanol–water partition coefficient (Wildman–Crippen LogP) is -1.45. The van der Waals surface area contributed by atoms with Crippen LogP contribution < -0.4 is 10.0 Å². The maximum Gasteiger partial charge on any atom is 0.372 e. The Morgan fingerprint density at radius 3 is 2.50 bits per heavy atom. The summed E-state index contributed by atoms with van der Waals surface area (Å²) < 4.78 is 3.83. The minimum Gasteiger partial charge on any atom is -0.738 e. The topological polar surface area (TPSA) is 87.8 Å². The van der Waals surface area contributed by atoms with Crippen LogP contribution >= 0.6 is 6.72 Å². The minimum atomic E-state index is -3.70. The average molecular weight is 159 g/mol. The van der Waals surface area contributed by atoms with E-state index in [1.165, 1.54) is 0 Å². The molecule has 0 aromatic heterocycles. The molecule has 5 nitrogen and oxygen atoms in total. The first-order valence-electron chi connectivity index (χ1n) is 1.56. The Hall–Kier alpha value is 0.450. The van der Waals surface area contributed by atoms with E-state index in [0.29, 0.717) is 0 Å². The Morgan fingerprint density at radius 2 is 2.38 bits per heavy atom. The van der Waals surface area contributed by atoms with Gasteiger partial charge in [-0.15, -0.1) is 4.67 Å². The molecule has 0 saturated heterocycles. The molecule has 8 heavy (non-hydrogen) atoms. The molecule has 3 N–H and O–H groups in total. The molecule has 7 heteroatoms. The Kier molecular flexibility index (Phi) is 3.67. The van der Waals surface area contributed by atoms with Crippen molar-refractivity contribution >= 4 is 17.8 Å². The lowest BCUT2D eigenvalue weighted by atomic mass is 11.8. The van der Waals surface area contributed by atoms with E-state index in [1.807, 2.05) is 0 Å². The van der Waals surface area contributed by atoms with E-state index in [-0.39, 0.29) is 11.1 Å². The Bertz CT molecular complexity index is 109. The van der Waals surface area contributed by atoms with Crippen LogP contribution in [0, 0.1) is 0 Å². The number of hydrogen-bond acceptors (Lipinski definition) is 3. The van der Waals surface area contributed by atoms with Crippen molar-refractivity contribution in [3.05, 3.63) is 0 Å². The molecule has 0 bridgehead atoms. The molecule has 0 saturated carbocycles. The standard InChI is InChI=1S/CH6NO4PS/c1-5-6-7(3,4)8-2/h2H2,1H3,(H-,3,4). The van der Waals surface area contributed by atoms with Gasteiger partial charge in [0, 0.05) is 0 Å². The third-order valence-electron chi connectivity index (χ3n) is 0.302. The molecule has 0 fully saturated rings. The van der Waals surface area contributed by atoms with Gasteiger partial charge in [-0.3, -0.25) is 0 Å². The lowest BCUT2D eigenvalue weighted by Crippen LogP contribution is -2.06. The zero-order chi connectivity index (χ0) is 6.62. The first kappa shape index (κ1) is 8.45. The summed E-state index contributed by atoms with van der Waals surface area (Å²) in [5.74, 6) is 0. The van der Waals surface area contributed by atoms with Crippen molar-refractivity contribution in [1.29, 1.82) is 0 Å². The van der Waals surface area contributed by atoms with Gasteiger partial charge in [-0.05, 0) is 0 Å². The quantitative estimate of drug-likeness (QED) is 0.169. The van der Waals surface area contributed by atoms with Crippen LogP contribution in [-0.4, -0.2) is 12.0 Å². The Morgan fingerprint density at radius 1 is 1.88 bits per heavy atom. The predicted molar refractivity (Wildman–Crippen MR) is 28.8 cm³/mol. The molecule has 0 radical (unpaired) electrons. The van der Waals surface area contributed by atoms with Gasteiger partial charge in [0.15, 0.2) is 0 Å². The summed E-state index contributed by atoms with van der Waals surface area (Å²) in [6.07, 6.45) is 0. The Balaban J connectivity index is 3.74. The van der Waals surface area contributed by atoms with Crippen LogP contribution in [0.2, 0.25) is 0 Å². The molecule has 0 rings (SSSR count). The van der Waals surface area contributed by atoms with Gasteiger partial charge in [-0.25, -0.2) is 4.89 Å². The number of rotatable bonds is 2. The van der Waals surface area contributed by atoms with Gasteiger partial charge >= 0.3 is 17.8 Å². The van der Waals surface area contributed by atoms with E-state index >= 15 is 0 Å². The van der Waals surface area contributed by atoms with Crippen LogP contribution in [0.3, 0.4) is 0 Å². The summed E-state index contributed by atoms with van der Waals surface area (Å²) in [5, 5.41) is 4.69. The third kappa shape index (κ3) is 3.45. The summed E-state index contributed by atoms with van der Waals surface area (Å²) in [4.78, 5) is 22.5. The zero-order valence-electron chi connectivity index (χ0n) is 4.10. The lowest BCUT2D eigenvalue weighted by molar-refractivity contribution is -0.274. The highest BCUT2D eigenvalue weighted by molar-refractivity contribution is 8.15. The molecule has 50 valence electrons. The number of nitrogens with two attached hydrogens (primary N) is 1. The van der Waals surface area contributed by atoms with E-state index in [9.17, 15) is 4.89 Å². The van der Waals surface area contributed by atoms with Crippen LogP contribution in [0.15, 0.2) is 0 Å². The molecular weight excluding hydrogens is 153 g/mol. The van der Waals surface area contributed by atoms with Crippen LogP contribution in [0.25, 0.3) is 0 Å². The van der Waals surface area contributed by atoms with E-state index in [4.69, 9.17) is 10.0 Å². The first-order valence-corrected chi connectivity index (χ1v) is 4.62. The van der Waals surface area contributed by atoms with Gasteiger partial charge in [0.05, 0.1) is 7.11 Å². The average Bonchev–Trinajstić information content (AvgIpc) is 1.67. The zero-order valence-corrected chi connectivity index (χ0v) is 5.82. The fourth-order valence-electron chi connectivity index (χ4n) is 0.112. The van der Waals surface area contributed by atoms with Crippen molar-refractivity contribution in [3.8, 4) is 0 Å². The highest BCUT2D eigenvalue weighted by Gasteiger charge is 2.10. The van der Waals surface area contributed by atoms with Gasteiger partial charge in [0.2, 0.25) is 0 Å². The maximum atomic E-state index is 10.2. The molecule has 0 spiro atoms. The monoisotopic (exact) mass is 159 g/mol. The molecule has 0 amide bonds. The second-order valence-electron chi connectivity index (χ2n) is 0.815. The normalized spacial score (nSPS) is 17.5. The van der Waals surface area contributed by atoms with Crippen molar-refractivity contribution < 1.29 is 19.3 Å². The van der Waals surface area contributed by atoms with Crippen LogP contribution in [0.1, 0.15) is 0 Å².